The highest BCUT2D eigenvalue weighted by Crippen LogP contribution is 2.10. The SMILES string of the molecule is CCCC(=O)CC(C)C(=O)CCC. The standard InChI is InChI=1S/C11H20O2/c1-4-6-10(12)8-9(3)11(13)7-5-2/h9H,4-8H2,1-3H3. The van der Waals surface area contributed by atoms with Gasteiger partial charge in [-0.05, 0) is 12.8 Å². The van der Waals surface area contributed by atoms with E-state index < -0.39 is 0 Å². The van der Waals surface area contributed by atoms with Crippen LogP contribution in [-0.4, -0.2) is 11.6 Å². The second kappa shape index (κ2) is 6.81. The zero-order valence-electron chi connectivity index (χ0n) is 8.93. The Morgan fingerprint density at radius 2 is 1.62 bits per heavy atom. The van der Waals surface area contributed by atoms with Crippen LogP contribution in [0, 0.1) is 5.92 Å². The molecule has 2 heteroatoms. The van der Waals surface area contributed by atoms with Gasteiger partial charge >= 0.3 is 0 Å². The van der Waals surface area contributed by atoms with Crippen LogP contribution in [0.25, 0.3) is 0 Å². The average Bonchev–Trinajstić information content (AvgIpc) is 2.05. The predicted octanol–water partition coefficient (Wildman–Crippen LogP) is 2.75. The van der Waals surface area contributed by atoms with Crippen molar-refractivity contribution in [1.82, 2.24) is 0 Å². The quantitative estimate of drug-likeness (QED) is 0.609. The minimum atomic E-state index is -0.0704. The molecule has 1 atom stereocenters. The molecule has 0 radical (unpaired) electrons. The van der Waals surface area contributed by atoms with Crippen molar-refractivity contribution in [3.8, 4) is 0 Å². The van der Waals surface area contributed by atoms with Crippen LogP contribution < -0.4 is 0 Å². The largest absolute Gasteiger partial charge is 0.300 e. The molecule has 0 rings (SSSR count). The van der Waals surface area contributed by atoms with Gasteiger partial charge in [-0.1, -0.05) is 20.8 Å². The third-order valence-corrected chi connectivity index (χ3v) is 2.11. The van der Waals surface area contributed by atoms with Crippen LogP contribution in [0.15, 0.2) is 0 Å². The molecule has 0 aliphatic rings. The highest BCUT2D eigenvalue weighted by Gasteiger charge is 2.14. The Morgan fingerprint density at radius 1 is 1.08 bits per heavy atom. The molecule has 0 spiro atoms. The molecule has 0 bridgehead atoms. The molecule has 0 aromatic rings. The highest BCUT2D eigenvalue weighted by molar-refractivity contribution is 5.87. The summed E-state index contributed by atoms with van der Waals surface area (Å²) in [6.07, 6.45) is 3.43. The summed E-state index contributed by atoms with van der Waals surface area (Å²) in [5.41, 5.74) is 0. The van der Waals surface area contributed by atoms with Gasteiger partial charge < -0.3 is 0 Å². The van der Waals surface area contributed by atoms with Gasteiger partial charge in [0.2, 0.25) is 0 Å². The van der Waals surface area contributed by atoms with Crippen molar-refractivity contribution in [1.29, 1.82) is 0 Å². The maximum atomic E-state index is 11.3. The summed E-state index contributed by atoms with van der Waals surface area (Å²) < 4.78 is 0. The smallest absolute Gasteiger partial charge is 0.136 e. The first-order valence-electron chi connectivity index (χ1n) is 5.16. The molecule has 0 aromatic heterocycles. The molecule has 0 amide bonds. The fraction of sp³-hybridized carbons (Fsp3) is 0.818. The van der Waals surface area contributed by atoms with Crippen molar-refractivity contribution in [2.45, 2.75) is 52.9 Å². The van der Waals surface area contributed by atoms with Gasteiger partial charge in [0.05, 0.1) is 0 Å². The van der Waals surface area contributed by atoms with Gasteiger partial charge in [0, 0.05) is 25.2 Å². The Hall–Kier alpha value is -0.660. The second-order valence-electron chi connectivity index (χ2n) is 3.61. The van der Waals surface area contributed by atoms with Gasteiger partial charge in [-0.3, -0.25) is 9.59 Å². The predicted molar refractivity (Wildman–Crippen MR) is 53.6 cm³/mol. The lowest BCUT2D eigenvalue weighted by Gasteiger charge is -2.07. The van der Waals surface area contributed by atoms with E-state index in [4.69, 9.17) is 0 Å². The minimum Gasteiger partial charge on any atom is -0.300 e. The van der Waals surface area contributed by atoms with Gasteiger partial charge in [-0.15, -0.1) is 0 Å². The molecule has 0 saturated carbocycles. The number of carbonyl (C=O) groups is 2. The van der Waals surface area contributed by atoms with E-state index in [-0.39, 0.29) is 17.5 Å². The Kier molecular flexibility index (Phi) is 6.47. The van der Waals surface area contributed by atoms with E-state index in [9.17, 15) is 9.59 Å². The normalized spacial score (nSPS) is 12.5. The number of hydrogen-bond donors (Lipinski definition) is 0. The summed E-state index contributed by atoms with van der Waals surface area (Å²) in [7, 11) is 0. The van der Waals surface area contributed by atoms with Gasteiger partial charge in [-0.2, -0.15) is 0 Å². The first-order chi connectivity index (χ1) is 6.11. The third kappa shape index (κ3) is 5.56. The lowest BCUT2D eigenvalue weighted by molar-refractivity contribution is -0.127. The van der Waals surface area contributed by atoms with Gasteiger partial charge in [-0.25, -0.2) is 0 Å². The first-order valence-corrected chi connectivity index (χ1v) is 5.16. The van der Waals surface area contributed by atoms with E-state index in [1.807, 2.05) is 20.8 Å². The van der Waals surface area contributed by atoms with Gasteiger partial charge in [0.25, 0.3) is 0 Å². The van der Waals surface area contributed by atoms with Crippen LogP contribution in [0.4, 0.5) is 0 Å². The third-order valence-electron chi connectivity index (χ3n) is 2.11. The van der Waals surface area contributed by atoms with E-state index in [1.54, 1.807) is 0 Å². The Bertz CT molecular complexity index is 173. The number of carbonyl (C=O) groups excluding carboxylic acids is 2. The van der Waals surface area contributed by atoms with Crippen LogP contribution in [0.3, 0.4) is 0 Å². The average molecular weight is 184 g/mol. The van der Waals surface area contributed by atoms with E-state index in [1.165, 1.54) is 0 Å². The van der Waals surface area contributed by atoms with Crippen molar-refractivity contribution < 1.29 is 9.59 Å². The summed E-state index contributed by atoms with van der Waals surface area (Å²) in [6, 6.07) is 0. The molecule has 0 saturated heterocycles. The van der Waals surface area contributed by atoms with E-state index in [0.717, 1.165) is 12.8 Å². The van der Waals surface area contributed by atoms with Crippen LogP contribution in [0.1, 0.15) is 52.9 Å². The number of ketones is 2. The number of rotatable bonds is 7. The Morgan fingerprint density at radius 3 is 2.08 bits per heavy atom. The molecule has 76 valence electrons. The number of Topliss-reactive ketones (excluding diaryl/α,β-unsaturated/α-hetero) is 2. The molecular formula is C11H20O2. The molecular weight excluding hydrogens is 164 g/mol. The molecule has 1 unspecified atom stereocenters. The maximum absolute atomic E-state index is 11.3. The first kappa shape index (κ1) is 12.3. The molecule has 2 nitrogen and oxygen atoms in total. The maximum Gasteiger partial charge on any atom is 0.136 e. The summed E-state index contributed by atoms with van der Waals surface area (Å²) in [5.74, 6) is 0.380. The minimum absolute atomic E-state index is 0.0704. The lowest BCUT2D eigenvalue weighted by atomic mass is 9.95. The van der Waals surface area contributed by atoms with Crippen molar-refractivity contribution in [3.63, 3.8) is 0 Å². The Balaban J connectivity index is 3.78. The molecule has 0 aliphatic carbocycles. The summed E-state index contributed by atoms with van der Waals surface area (Å²) in [4.78, 5) is 22.5. The monoisotopic (exact) mass is 184 g/mol. The van der Waals surface area contributed by atoms with E-state index in [0.29, 0.717) is 19.3 Å². The molecule has 13 heavy (non-hydrogen) atoms. The summed E-state index contributed by atoms with van der Waals surface area (Å²) >= 11 is 0. The fourth-order valence-electron chi connectivity index (χ4n) is 1.33. The highest BCUT2D eigenvalue weighted by atomic mass is 16.1. The van der Waals surface area contributed by atoms with Crippen molar-refractivity contribution in [2.24, 2.45) is 5.92 Å². The fourth-order valence-corrected chi connectivity index (χ4v) is 1.33. The van der Waals surface area contributed by atoms with Crippen LogP contribution in [0.5, 0.6) is 0 Å². The summed E-state index contributed by atoms with van der Waals surface area (Å²) in [5, 5.41) is 0. The summed E-state index contributed by atoms with van der Waals surface area (Å²) in [6.45, 7) is 5.82. The van der Waals surface area contributed by atoms with Crippen LogP contribution in [0.2, 0.25) is 0 Å². The zero-order valence-corrected chi connectivity index (χ0v) is 8.93. The molecule has 0 aliphatic heterocycles. The van der Waals surface area contributed by atoms with Crippen LogP contribution >= 0.6 is 0 Å². The Labute approximate surface area is 80.7 Å². The van der Waals surface area contributed by atoms with E-state index >= 15 is 0 Å². The van der Waals surface area contributed by atoms with Crippen molar-refractivity contribution in [2.75, 3.05) is 0 Å². The molecule has 0 aromatic carbocycles. The lowest BCUT2D eigenvalue weighted by Crippen LogP contribution is -2.14. The topological polar surface area (TPSA) is 34.1 Å². The van der Waals surface area contributed by atoms with Crippen molar-refractivity contribution in [3.05, 3.63) is 0 Å². The van der Waals surface area contributed by atoms with E-state index in [2.05, 4.69) is 0 Å². The van der Waals surface area contributed by atoms with Gasteiger partial charge in [0.1, 0.15) is 11.6 Å². The molecule has 0 fully saturated rings. The number of hydrogen-bond acceptors (Lipinski definition) is 2. The van der Waals surface area contributed by atoms with Crippen molar-refractivity contribution >= 4 is 11.6 Å². The van der Waals surface area contributed by atoms with Gasteiger partial charge in [0.15, 0.2) is 0 Å². The molecule has 0 heterocycles. The zero-order chi connectivity index (χ0) is 10.3. The molecule has 0 N–H and O–H groups in total. The van der Waals surface area contributed by atoms with Crippen LogP contribution in [-0.2, 0) is 9.59 Å². The second-order valence-corrected chi connectivity index (χ2v) is 3.61.